The Labute approximate surface area is 188 Å². The van der Waals surface area contributed by atoms with Gasteiger partial charge in [-0.05, 0) is 24.8 Å². The molecule has 0 radical (unpaired) electrons. The third-order valence-corrected chi connectivity index (χ3v) is 5.22. The van der Waals surface area contributed by atoms with Crippen LogP contribution >= 0.6 is 0 Å². The van der Waals surface area contributed by atoms with Crippen LogP contribution < -0.4 is 15.4 Å². The lowest BCUT2D eigenvalue weighted by Crippen LogP contribution is -2.36. The second-order valence-corrected chi connectivity index (χ2v) is 7.14. The van der Waals surface area contributed by atoms with Crippen LogP contribution in [0.1, 0.15) is 41.5 Å². The van der Waals surface area contributed by atoms with E-state index < -0.39 is 35.4 Å². The van der Waals surface area contributed by atoms with Crippen molar-refractivity contribution in [1.29, 1.82) is 0 Å². The molecule has 174 valence electrons. The predicted molar refractivity (Wildman–Crippen MR) is 111 cm³/mol. The van der Waals surface area contributed by atoms with Crippen molar-refractivity contribution in [3.8, 4) is 5.75 Å². The fraction of sp³-hybridized carbons (Fsp3) is 0.333. The topological polar surface area (TPSA) is 170 Å². The molecule has 2 atom stereocenters. The highest BCUT2D eigenvalue weighted by Crippen LogP contribution is 2.43. The highest BCUT2D eigenvalue weighted by Gasteiger charge is 2.43. The van der Waals surface area contributed by atoms with E-state index in [9.17, 15) is 19.6 Å². The van der Waals surface area contributed by atoms with Crippen LogP contribution in [-0.2, 0) is 25.7 Å². The van der Waals surface area contributed by atoms with E-state index in [1.165, 1.54) is 14.2 Å². The molecule has 2 unspecified atom stereocenters. The van der Waals surface area contributed by atoms with Gasteiger partial charge in [0, 0.05) is 28.0 Å². The number of aromatic nitrogens is 2. The molecule has 2 N–H and O–H groups in total. The first-order valence-corrected chi connectivity index (χ1v) is 9.73. The molecule has 1 aromatic heterocycles. The average molecular weight is 458 g/mol. The van der Waals surface area contributed by atoms with E-state index in [4.69, 9.17) is 19.9 Å². The second-order valence-electron chi connectivity index (χ2n) is 7.14. The van der Waals surface area contributed by atoms with Crippen molar-refractivity contribution in [1.82, 2.24) is 5.16 Å². The van der Waals surface area contributed by atoms with Crippen LogP contribution in [-0.4, -0.2) is 42.9 Å². The van der Waals surface area contributed by atoms with E-state index in [1.807, 2.05) is 0 Å². The fourth-order valence-electron chi connectivity index (χ4n) is 3.80. The Morgan fingerprint density at radius 1 is 1.18 bits per heavy atom. The number of hydrogen-bond acceptors (Lipinski definition) is 10. The first kappa shape index (κ1) is 23.4. The Hall–Kier alpha value is -4.22. The Morgan fingerprint density at radius 2 is 1.88 bits per heavy atom. The van der Waals surface area contributed by atoms with E-state index in [2.05, 4.69) is 14.8 Å². The smallest absolute Gasteiger partial charge is 0.336 e. The molecule has 3 rings (SSSR count). The van der Waals surface area contributed by atoms with Crippen LogP contribution in [0.25, 0.3) is 0 Å². The molecule has 0 spiro atoms. The SMILES string of the molecule is COC(=O)C1=C(C)N=C(C)C(C(=O)OC)C1c1ccccc1OCc1no[n+]([O-])c1C(N)=O. The predicted octanol–water partition coefficient (Wildman–Crippen LogP) is 0.780. The van der Waals surface area contributed by atoms with Gasteiger partial charge in [-0.3, -0.25) is 19.2 Å². The molecular formula is C21H22N4O8. The second kappa shape index (κ2) is 9.51. The Kier molecular flexibility index (Phi) is 6.75. The molecule has 0 fully saturated rings. The van der Waals surface area contributed by atoms with E-state index in [0.29, 0.717) is 17.0 Å². The maximum atomic E-state index is 12.7. The number of hydrogen-bond donors (Lipinski definition) is 1. The minimum atomic E-state index is -1.03. The number of allylic oxidation sites excluding steroid dienone is 1. The molecule has 2 heterocycles. The molecule has 0 aliphatic carbocycles. The first-order chi connectivity index (χ1) is 15.7. The van der Waals surface area contributed by atoms with E-state index in [-0.39, 0.29) is 28.5 Å². The van der Waals surface area contributed by atoms with E-state index in [1.54, 1.807) is 38.1 Å². The number of para-hydroxylation sites is 1. The summed E-state index contributed by atoms with van der Waals surface area (Å²) >= 11 is 0. The molecule has 0 saturated heterocycles. The minimum absolute atomic E-state index is 0.108. The minimum Gasteiger partial charge on any atom is -0.484 e. The maximum absolute atomic E-state index is 12.7. The maximum Gasteiger partial charge on any atom is 0.336 e. The summed E-state index contributed by atoms with van der Waals surface area (Å²) in [7, 11) is 2.47. The van der Waals surface area contributed by atoms with Crippen molar-refractivity contribution in [3.63, 3.8) is 0 Å². The van der Waals surface area contributed by atoms with Gasteiger partial charge in [0.2, 0.25) is 0 Å². The van der Waals surface area contributed by atoms with Gasteiger partial charge in [0.1, 0.15) is 11.7 Å². The van der Waals surface area contributed by atoms with Crippen LogP contribution in [0.15, 0.2) is 45.2 Å². The number of esters is 2. The summed E-state index contributed by atoms with van der Waals surface area (Å²) in [5.41, 5.74) is 6.07. The highest BCUT2D eigenvalue weighted by molar-refractivity contribution is 6.07. The zero-order valence-electron chi connectivity index (χ0n) is 18.4. The van der Waals surface area contributed by atoms with Gasteiger partial charge in [0.15, 0.2) is 6.61 Å². The van der Waals surface area contributed by atoms with Crippen LogP contribution in [0.4, 0.5) is 0 Å². The highest BCUT2D eigenvalue weighted by atomic mass is 16.8. The van der Waals surface area contributed by atoms with Gasteiger partial charge in [0.05, 0.1) is 19.8 Å². The lowest BCUT2D eigenvalue weighted by Gasteiger charge is -2.31. The van der Waals surface area contributed by atoms with E-state index >= 15 is 0 Å². The van der Waals surface area contributed by atoms with E-state index in [0.717, 1.165) is 0 Å². The summed E-state index contributed by atoms with van der Waals surface area (Å²) in [6.07, 6.45) is 0. The molecule has 33 heavy (non-hydrogen) atoms. The summed E-state index contributed by atoms with van der Waals surface area (Å²) in [4.78, 5) is 41.2. The fourth-order valence-corrected chi connectivity index (χ4v) is 3.80. The van der Waals surface area contributed by atoms with Crippen molar-refractivity contribution in [2.24, 2.45) is 16.6 Å². The van der Waals surface area contributed by atoms with Gasteiger partial charge in [-0.15, -0.1) is 0 Å². The number of amides is 1. The summed E-state index contributed by atoms with van der Waals surface area (Å²) in [5, 5.41) is 15.1. The summed E-state index contributed by atoms with van der Waals surface area (Å²) in [6.45, 7) is 2.96. The molecule has 1 aliphatic rings. The zero-order valence-corrected chi connectivity index (χ0v) is 18.4. The van der Waals surface area contributed by atoms with Crippen molar-refractivity contribution < 1.29 is 38.1 Å². The normalized spacial score (nSPS) is 17.9. The van der Waals surface area contributed by atoms with Gasteiger partial charge in [-0.25, -0.2) is 4.79 Å². The summed E-state index contributed by atoms with van der Waals surface area (Å²) in [6, 6.07) is 6.66. The number of ether oxygens (including phenoxy) is 3. The van der Waals surface area contributed by atoms with Crippen molar-refractivity contribution in [2.45, 2.75) is 26.4 Å². The number of carbonyl (C=O) groups is 3. The van der Waals surface area contributed by atoms with Crippen LogP contribution in [0.3, 0.4) is 0 Å². The van der Waals surface area contributed by atoms with Crippen molar-refractivity contribution >= 4 is 23.6 Å². The number of nitrogens with zero attached hydrogens (tertiary/aromatic N) is 3. The molecule has 1 aromatic carbocycles. The summed E-state index contributed by atoms with van der Waals surface area (Å²) < 4.78 is 20.2. The summed E-state index contributed by atoms with van der Waals surface area (Å²) in [5.74, 6) is -3.78. The van der Waals surface area contributed by atoms with Crippen molar-refractivity contribution in [2.75, 3.05) is 14.2 Å². The van der Waals surface area contributed by atoms with Gasteiger partial charge in [-0.1, -0.05) is 18.2 Å². The standard InChI is InChI=1S/C21H22N4O8/c1-10-15(20(27)30-3)17(16(11(2)23-10)21(28)31-4)12-7-5-6-8-14(12)32-9-13-18(19(22)26)25(29)33-24-13/h5-8,15,17H,9H2,1-4H3,(H2,22,26). The number of methoxy groups -OCH3 is 2. The Balaban J connectivity index is 2.08. The van der Waals surface area contributed by atoms with Gasteiger partial charge >= 0.3 is 11.9 Å². The molecule has 0 saturated carbocycles. The third-order valence-electron chi connectivity index (χ3n) is 5.22. The largest absolute Gasteiger partial charge is 0.484 e. The van der Waals surface area contributed by atoms with Crippen molar-refractivity contribution in [3.05, 3.63) is 57.7 Å². The average Bonchev–Trinajstić information content (AvgIpc) is 3.17. The lowest BCUT2D eigenvalue weighted by atomic mass is 9.75. The first-order valence-electron chi connectivity index (χ1n) is 9.73. The van der Waals surface area contributed by atoms with Crippen LogP contribution in [0.2, 0.25) is 0 Å². The molecule has 12 heteroatoms. The number of carbonyl (C=O) groups excluding carboxylic acids is 3. The molecule has 1 aliphatic heterocycles. The number of rotatable bonds is 7. The molecule has 0 bridgehead atoms. The monoisotopic (exact) mass is 458 g/mol. The number of benzene rings is 1. The Morgan fingerprint density at radius 3 is 2.52 bits per heavy atom. The van der Waals surface area contributed by atoms with Gasteiger partial charge in [0.25, 0.3) is 17.3 Å². The molecule has 2 aromatic rings. The third kappa shape index (κ3) is 4.40. The zero-order chi connectivity index (χ0) is 24.3. The molecule has 12 nitrogen and oxygen atoms in total. The quantitative estimate of drug-likeness (QED) is 0.465. The van der Waals surface area contributed by atoms with Gasteiger partial charge < -0.3 is 25.2 Å². The Bertz CT molecular complexity index is 1170. The molecular weight excluding hydrogens is 436 g/mol. The van der Waals surface area contributed by atoms with Gasteiger partial charge in [-0.2, -0.15) is 0 Å². The number of aliphatic imine (C=N–C) groups is 1. The molecule has 1 amide bonds. The lowest BCUT2D eigenvalue weighted by molar-refractivity contribution is -0.803. The number of nitrogens with two attached hydrogens (primary N) is 1. The number of primary amides is 1. The van der Waals surface area contributed by atoms with Crippen LogP contribution in [0, 0.1) is 11.1 Å². The van der Waals surface area contributed by atoms with Crippen LogP contribution in [0.5, 0.6) is 5.75 Å².